The van der Waals surface area contributed by atoms with Crippen LogP contribution in [0.4, 0.5) is 13.2 Å². The monoisotopic (exact) mass is 466 g/mol. The number of nitrogens with zero attached hydrogens (tertiary/aromatic N) is 2. The molecule has 0 aliphatic carbocycles. The van der Waals surface area contributed by atoms with E-state index in [2.05, 4.69) is 15.6 Å². The van der Waals surface area contributed by atoms with Crippen molar-refractivity contribution in [2.45, 2.75) is 36.0 Å². The topological polar surface area (TPSA) is 73.8 Å². The summed E-state index contributed by atoms with van der Waals surface area (Å²) in [5.41, 5.74) is -0.431. The zero-order chi connectivity index (χ0) is 22.8. The number of piperidine rings is 1. The Bertz CT molecular complexity index is 1060. The van der Waals surface area contributed by atoms with Crippen LogP contribution in [0, 0.1) is 0 Å². The first-order valence-electron chi connectivity index (χ1n) is 10.5. The molecule has 2 aromatic rings. The number of rotatable bonds is 4. The number of amidine groups is 1. The van der Waals surface area contributed by atoms with Crippen LogP contribution in [0.5, 0.6) is 0 Å². The third-order valence-corrected chi connectivity index (χ3v) is 7.91. The van der Waals surface area contributed by atoms with E-state index in [-0.39, 0.29) is 4.90 Å². The van der Waals surface area contributed by atoms with Gasteiger partial charge in [-0.1, -0.05) is 30.3 Å². The van der Waals surface area contributed by atoms with E-state index in [0.29, 0.717) is 51.1 Å². The van der Waals surface area contributed by atoms with E-state index in [0.717, 1.165) is 18.0 Å². The molecule has 2 N–H and O–H groups in total. The molecular weight excluding hydrogens is 441 g/mol. The number of halogens is 3. The average Bonchev–Trinajstić information content (AvgIpc) is 2.79. The Labute approximate surface area is 185 Å². The summed E-state index contributed by atoms with van der Waals surface area (Å²) >= 11 is 0. The summed E-state index contributed by atoms with van der Waals surface area (Å²) in [6.45, 7) is 2.32. The molecule has 2 aromatic carbocycles. The van der Waals surface area contributed by atoms with E-state index in [4.69, 9.17) is 0 Å². The predicted octanol–water partition coefficient (Wildman–Crippen LogP) is 3.02. The van der Waals surface area contributed by atoms with Crippen molar-refractivity contribution in [1.29, 1.82) is 0 Å². The van der Waals surface area contributed by atoms with Gasteiger partial charge in [-0.3, -0.25) is 4.99 Å². The molecule has 172 valence electrons. The molecule has 0 unspecified atom stereocenters. The van der Waals surface area contributed by atoms with Crippen LogP contribution in [0.15, 0.2) is 64.5 Å². The van der Waals surface area contributed by atoms with E-state index in [1.165, 1.54) is 16.4 Å². The summed E-state index contributed by atoms with van der Waals surface area (Å²) in [5, 5.41) is 6.78. The quantitative estimate of drug-likeness (QED) is 0.727. The van der Waals surface area contributed by atoms with E-state index in [1.54, 1.807) is 30.3 Å². The standard InChI is InChI=1S/C22H25F3N4O2S/c23-22(24,25)18-8-6-17(7-9-18)16-27-20-21(28-13-12-26-20)10-14-29(15-11-21)32(30,31)19-4-2-1-3-5-19/h1-9,28H,10-16H2,(H,26,27). The lowest BCUT2D eigenvalue weighted by atomic mass is 9.85. The summed E-state index contributed by atoms with van der Waals surface area (Å²) in [4.78, 5) is 4.90. The Morgan fingerprint density at radius 1 is 1.03 bits per heavy atom. The number of alkyl halides is 3. The van der Waals surface area contributed by atoms with Crippen LogP contribution < -0.4 is 10.6 Å². The zero-order valence-corrected chi connectivity index (χ0v) is 18.2. The molecule has 0 bridgehead atoms. The third kappa shape index (κ3) is 4.67. The van der Waals surface area contributed by atoms with Crippen molar-refractivity contribution in [2.24, 2.45) is 4.99 Å². The Kier molecular flexibility index (Phi) is 6.28. The molecule has 4 rings (SSSR count). The van der Waals surface area contributed by atoms with Crippen LogP contribution in [0.25, 0.3) is 0 Å². The van der Waals surface area contributed by atoms with Gasteiger partial charge < -0.3 is 10.6 Å². The Morgan fingerprint density at radius 3 is 2.31 bits per heavy atom. The second kappa shape index (κ2) is 8.84. The maximum Gasteiger partial charge on any atom is 0.416 e. The highest BCUT2D eigenvalue weighted by molar-refractivity contribution is 7.89. The summed E-state index contributed by atoms with van der Waals surface area (Å²) in [5.74, 6) is 0.736. The molecule has 0 amide bonds. The van der Waals surface area contributed by atoms with Crippen molar-refractivity contribution in [3.63, 3.8) is 0 Å². The smallest absolute Gasteiger partial charge is 0.368 e. The van der Waals surface area contributed by atoms with Gasteiger partial charge in [0.2, 0.25) is 10.0 Å². The molecule has 0 radical (unpaired) electrons. The molecule has 2 heterocycles. The van der Waals surface area contributed by atoms with Gasteiger partial charge in [0, 0.05) is 26.2 Å². The fourth-order valence-electron chi connectivity index (χ4n) is 4.18. The molecule has 1 saturated heterocycles. The van der Waals surface area contributed by atoms with Crippen molar-refractivity contribution in [2.75, 3.05) is 26.2 Å². The highest BCUT2D eigenvalue weighted by Crippen LogP contribution is 2.30. The van der Waals surface area contributed by atoms with Crippen LogP contribution in [0.1, 0.15) is 24.0 Å². The highest BCUT2D eigenvalue weighted by atomic mass is 32.2. The molecule has 1 spiro atoms. The zero-order valence-electron chi connectivity index (χ0n) is 17.4. The summed E-state index contributed by atoms with van der Waals surface area (Å²) in [6.07, 6.45) is -3.25. The van der Waals surface area contributed by atoms with E-state index >= 15 is 0 Å². The molecule has 0 saturated carbocycles. The molecule has 6 nitrogen and oxygen atoms in total. The first kappa shape index (κ1) is 22.8. The number of nitrogens with one attached hydrogen (secondary N) is 2. The van der Waals surface area contributed by atoms with E-state index < -0.39 is 27.3 Å². The lowest BCUT2D eigenvalue weighted by molar-refractivity contribution is -0.137. The van der Waals surface area contributed by atoms with Gasteiger partial charge >= 0.3 is 6.18 Å². The second-order valence-corrected chi connectivity index (χ2v) is 9.94. The van der Waals surface area contributed by atoms with Gasteiger partial charge in [0.15, 0.2) is 0 Å². The molecule has 2 aliphatic rings. The first-order valence-corrected chi connectivity index (χ1v) is 11.9. The molecule has 0 aromatic heterocycles. The average molecular weight is 467 g/mol. The van der Waals surface area contributed by atoms with Gasteiger partial charge in [-0.05, 0) is 42.7 Å². The van der Waals surface area contributed by atoms with Gasteiger partial charge in [0.05, 0.1) is 22.5 Å². The maximum absolute atomic E-state index is 12.9. The largest absolute Gasteiger partial charge is 0.416 e. The summed E-state index contributed by atoms with van der Waals surface area (Å²) < 4.78 is 65.7. The van der Waals surface area contributed by atoms with Crippen molar-refractivity contribution in [1.82, 2.24) is 14.9 Å². The van der Waals surface area contributed by atoms with Crippen molar-refractivity contribution in [3.8, 4) is 0 Å². The number of benzene rings is 2. The fraction of sp³-hybridized carbons (Fsp3) is 0.409. The van der Waals surface area contributed by atoms with Gasteiger partial charge in [-0.15, -0.1) is 0 Å². The van der Waals surface area contributed by atoms with Crippen molar-refractivity contribution < 1.29 is 21.6 Å². The van der Waals surface area contributed by atoms with Crippen LogP contribution in [-0.2, 0) is 22.7 Å². The molecule has 2 aliphatic heterocycles. The lowest BCUT2D eigenvalue weighted by Gasteiger charge is -2.44. The molecular formula is C22H25F3N4O2S. The number of aliphatic imine (C=N–C) groups is 1. The number of hydrogen-bond donors (Lipinski definition) is 2. The first-order chi connectivity index (χ1) is 15.2. The second-order valence-electron chi connectivity index (χ2n) is 8.00. The molecule has 1 fully saturated rings. The third-order valence-electron chi connectivity index (χ3n) is 6.00. The van der Waals surface area contributed by atoms with Crippen LogP contribution in [0.2, 0.25) is 0 Å². The van der Waals surface area contributed by atoms with Gasteiger partial charge in [0.1, 0.15) is 5.84 Å². The molecule has 0 atom stereocenters. The highest BCUT2D eigenvalue weighted by Gasteiger charge is 2.43. The Balaban J connectivity index is 1.42. The molecule has 32 heavy (non-hydrogen) atoms. The van der Waals surface area contributed by atoms with Gasteiger partial charge in [0.25, 0.3) is 0 Å². The van der Waals surface area contributed by atoms with Crippen molar-refractivity contribution >= 4 is 15.9 Å². The van der Waals surface area contributed by atoms with Crippen LogP contribution in [0.3, 0.4) is 0 Å². The summed E-state index contributed by atoms with van der Waals surface area (Å²) in [7, 11) is -3.55. The number of hydrogen-bond acceptors (Lipinski definition) is 5. The van der Waals surface area contributed by atoms with Crippen LogP contribution >= 0.6 is 0 Å². The fourth-order valence-corrected chi connectivity index (χ4v) is 5.65. The van der Waals surface area contributed by atoms with Gasteiger partial charge in [-0.25, -0.2) is 8.42 Å². The minimum atomic E-state index is -4.36. The predicted molar refractivity (Wildman–Crippen MR) is 116 cm³/mol. The normalized spacial score (nSPS) is 19.5. The molecule has 10 heteroatoms. The minimum absolute atomic E-state index is 0.280. The minimum Gasteiger partial charge on any atom is -0.368 e. The Hall–Kier alpha value is -2.43. The van der Waals surface area contributed by atoms with E-state index in [1.807, 2.05) is 0 Å². The Morgan fingerprint density at radius 2 is 1.69 bits per heavy atom. The SMILES string of the molecule is O=S(=O)(c1ccccc1)N1CCC2(CC1)NCCN=C2NCc1ccc(C(F)(F)F)cc1. The lowest BCUT2D eigenvalue weighted by Crippen LogP contribution is -2.64. The van der Waals surface area contributed by atoms with Crippen molar-refractivity contribution in [3.05, 3.63) is 65.7 Å². The maximum atomic E-state index is 12.9. The van der Waals surface area contributed by atoms with E-state index in [9.17, 15) is 21.6 Å². The summed E-state index contributed by atoms with van der Waals surface area (Å²) in [6, 6.07) is 13.4. The van der Waals surface area contributed by atoms with Crippen LogP contribution in [-0.4, -0.2) is 50.3 Å². The number of sulfonamides is 1. The van der Waals surface area contributed by atoms with Gasteiger partial charge in [-0.2, -0.15) is 17.5 Å².